The first-order valence-corrected chi connectivity index (χ1v) is 6.93. The average Bonchev–Trinajstić information content (AvgIpc) is 2.79. The maximum absolute atomic E-state index is 12.1. The van der Waals surface area contributed by atoms with Gasteiger partial charge in [-0.2, -0.15) is 10.4 Å². The third-order valence-corrected chi connectivity index (χ3v) is 3.92. The van der Waals surface area contributed by atoms with E-state index in [2.05, 4.69) is 9.82 Å². The monoisotopic (exact) mass is 276 g/mol. The Balaban J connectivity index is 2.38. The van der Waals surface area contributed by atoms with Crippen molar-refractivity contribution in [1.82, 2.24) is 9.78 Å². The van der Waals surface area contributed by atoms with Gasteiger partial charge in [-0.3, -0.25) is 9.40 Å². The van der Waals surface area contributed by atoms with Crippen LogP contribution in [0.15, 0.2) is 35.5 Å². The molecule has 0 bridgehead atoms. The average molecular weight is 276 g/mol. The van der Waals surface area contributed by atoms with Crippen molar-refractivity contribution in [3.63, 3.8) is 0 Å². The number of hydrogen-bond acceptors (Lipinski definition) is 4. The highest BCUT2D eigenvalue weighted by Crippen LogP contribution is 2.20. The molecule has 0 radical (unpaired) electrons. The minimum Gasteiger partial charge on any atom is -0.279 e. The van der Waals surface area contributed by atoms with Crippen molar-refractivity contribution in [2.75, 3.05) is 4.72 Å². The van der Waals surface area contributed by atoms with E-state index in [1.54, 1.807) is 26.1 Å². The Hall–Kier alpha value is -2.33. The van der Waals surface area contributed by atoms with Crippen molar-refractivity contribution in [2.24, 2.45) is 7.05 Å². The molecular formula is C12H12N4O2S. The van der Waals surface area contributed by atoms with E-state index in [0.717, 1.165) is 5.56 Å². The summed E-state index contributed by atoms with van der Waals surface area (Å²) in [7, 11) is -2.04. The minimum atomic E-state index is -3.68. The Kier molecular flexibility index (Phi) is 3.27. The molecule has 0 saturated carbocycles. The van der Waals surface area contributed by atoms with E-state index in [-0.39, 0.29) is 4.90 Å². The molecule has 1 N–H and O–H groups in total. The summed E-state index contributed by atoms with van der Waals surface area (Å²) in [5, 5.41) is 12.7. The number of aromatic nitrogens is 2. The number of hydrogen-bond donors (Lipinski definition) is 1. The van der Waals surface area contributed by atoms with Crippen LogP contribution >= 0.6 is 0 Å². The predicted molar refractivity (Wildman–Crippen MR) is 69.9 cm³/mol. The Bertz CT molecular complexity index is 756. The minimum absolute atomic E-state index is 0.0803. The number of benzene rings is 1. The summed E-state index contributed by atoms with van der Waals surface area (Å²) in [5.41, 5.74) is 1.53. The lowest BCUT2D eigenvalue weighted by atomic mass is 10.1. The molecule has 1 heterocycles. The number of rotatable bonds is 3. The summed E-state index contributed by atoms with van der Waals surface area (Å²) in [5.74, 6) is 0. The van der Waals surface area contributed by atoms with Crippen LogP contribution in [0.4, 0.5) is 5.69 Å². The quantitative estimate of drug-likeness (QED) is 0.917. The molecule has 0 saturated heterocycles. The summed E-state index contributed by atoms with van der Waals surface area (Å²) >= 11 is 0. The Labute approximate surface area is 111 Å². The van der Waals surface area contributed by atoms with Crippen LogP contribution in [-0.2, 0) is 17.1 Å². The van der Waals surface area contributed by atoms with Gasteiger partial charge in [0.15, 0.2) is 0 Å². The maximum atomic E-state index is 12.1. The zero-order valence-corrected chi connectivity index (χ0v) is 11.3. The van der Waals surface area contributed by atoms with Crippen molar-refractivity contribution in [3.8, 4) is 6.07 Å². The van der Waals surface area contributed by atoms with Crippen LogP contribution in [0.5, 0.6) is 0 Å². The lowest BCUT2D eigenvalue weighted by Crippen LogP contribution is -2.13. The van der Waals surface area contributed by atoms with Crippen molar-refractivity contribution in [1.29, 1.82) is 5.26 Å². The molecule has 0 fully saturated rings. The molecule has 1 aromatic carbocycles. The largest absolute Gasteiger partial charge is 0.279 e. The molecule has 0 aliphatic rings. The molecule has 0 aliphatic carbocycles. The molecule has 6 nitrogen and oxygen atoms in total. The SMILES string of the molecule is Cc1ccc(C#N)cc1NS(=O)(=O)c1cnn(C)c1. The Morgan fingerprint density at radius 1 is 1.42 bits per heavy atom. The van der Waals surface area contributed by atoms with Gasteiger partial charge in [0, 0.05) is 13.2 Å². The van der Waals surface area contributed by atoms with E-state index in [1.165, 1.54) is 23.1 Å². The van der Waals surface area contributed by atoms with Crippen molar-refractivity contribution < 1.29 is 8.42 Å². The molecule has 0 unspecified atom stereocenters. The molecule has 0 spiro atoms. The van der Waals surface area contributed by atoms with Crippen LogP contribution in [0.1, 0.15) is 11.1 Å². The number of sulfonamides is 1. The molecule has 19 heavy (non-hydrogen) atoms. The van der Waals surface area contributed by atoms with Gasteiger partial charge in [-0.15, -0.1) is 0 Å². The van der Waals surface area contributed by atoms with Gasteiger partial charge in [-0.05, 0) is 24.6 Å². The zero-order chi connectivity index (χ0) is 14.0. The molecule has 0 aliphatic heterocycles. The molecule has 0 atom stereocenters. The highest BCUT2D eigenvalue weighted by molar-refractivity contribution is 7.92. The number of nitriles is 1. The molecule has 98 valence electrons. The lowest BCUT2D eigenvalue weighted by molar-refractivity contribution is 0.601. The fourth-order valence-electron chi connectivity index (χ4n) is 1.54. The fourth-order valence-corrected chi connectivity index (χ4v) is 2.65. The van der Waals surface area contributed by atoms with Crippen molar-refractivity contribution in [3.05, 3.63) is 41.7 Å². The molecular weight excluding hydrogens is 264 g/mol. The van der Waals surface area contributed by atoms with Crippen LogP contribution in [-0.4, -0.2) is 18.2 Å². The summed E-state index contributed by atoms with van der Waals surface area (Å²) in [4.78, 5) is 0.0803. The van der Waals surface area contributed by atoms with E-state index in [4.69, 9.17) is 5.26 Å². The Morgan fingerprint density at radius 2 is 2.16 bits per heavy atom. The van der Waals surface area contributed by atoms with Gasteiger partial charge in [0.1, 0.15) is 4.90 Å². The Morgan fingerprint density at radius 3 is 2.74 bits per heavy atom. The highest BCUT2D eigenvalue weighted by Gasteiger charge is 2.17. The van der Waals surface area contributed by atoms with Crippen LogP contribution in [0.25, 0.3) is 0 Å². The number of aryl methyl sites for hydroxylation is 2. The van der Waals surface area contributed by atoms with Crippen LogP contribution in [0.2, 0.25) is 0 Å². The van der Waals surface area contributed by atoms with Gasteiger partial charge in [0.2, 0.25) is 0 Å². The van der Waals surface area contributed by atoms with Gasteiger partial charge in [-0.1, -0.05) is 6.07 Å². The van der Waals surface area contributed by atoms with E-state index < -0.39 is 10.0 Å². The first kappa shape index (κ1) is 13.1. The zero-order valence-electron chi connectivity index (χ0n) is 10.5. The second-order valence-electron chi connectivity index (χ2n) is 4.10. The topological polar surface area (TPSA) is 87.8 Å². The third kappa shape index (κ3) is 2.74. The van der Waals surface area contributed by atoms with Gasteiger partial charge in [0.05, 0.1) is 23.5 Å². The van der Waals surface area contributed by atoms with E-state index in [0.29, 0.717) is 11.3 Å². The second kappa shape index (κ2) is 4.74. The van der Waals surface area contributed by atoms with Gasteiger partial charge in [0.25, 0.3) is 10.0 Å². The molecule has 1 aromatic heterocycles. The van der Waals surface area contributed by atoms with E-state index in [9.17, 15) is 8.42 Å². The first-order chi connectivity index (χ1) is 8.92. The smallest absolute Gasteiger partial charge is 0.265 e. The van der Waals surface area contributed by atoms with Crippen molar-refractivity contribution >= 4 is 15.7 Å². The van der Waals surface area contributed by atoms with Gasteiger partial charge < -0.3 is 0 Å². The summed E-state index contributed by atoms with van der Waals surface area (Å²) in [6.07, 6.45) is 2.68. The van der Waals surface area contributed by atoms with Crippen LogP contribution in [0.3, 0.4) is 0 Å². The molecule has 7 heteroatoms. The van der Waals surface area contributed by atoms with Crippen LogP contribution < -0.4 is 4.72 Å². The van der Waals surface area contributed by atoms with E-state index in [1.807, 2.05) is 6.07 Å². The number of nitrogens with one attached hydrogen (secondary N) is 1. The summed E-state index contributed by atoms with van der Waals surface area (Å²) in [6.45, 7) is 1.77. The lowest BCUT2D eigenvalue weighted by Gasteiger charge is -2.09. The molecule has 0 amide bonds. The predicted octanol–water partition coefficient (Wildman–Crippen LogP) is 1.40. The normalized spacial score (nSPS) is 11.0. The third-order valence-electron chi connectivity index (χ3n) is 2.60. The first-order valence-electron chi connectivity index (χ1n) is 5.44. The summed E-state index contributed by atoms with van der Waals surface area (Å²) < 4.78 is 28.1. The highest BCUT2D eigenvalue weighted by atomic mass is 32.2. The van der Waals surface area contributed by atoms with E-state index >= 15 is 0 Å². The molecule has 2 rings (SSSR count). The summed E-state index contributed by atoms with van der Waals surface area (Å²) in [6, 6.07) is 6.81. The molecule has 2 aromatic rings. The van der Waals surface area contributed by atoms with Gasteiger partial charge in [-0.25, -0.2) is 8.42 Å². The standard InChI is InChI=1S/C12H12N4O2S/c1-9-3-4-10(6-13)5-12(9)15-19(17,18)11-7-14-16(2)8-11/h3-5,7-8,15H,1-2H3. The number of anilines is 1. The van der Waals surface area contributed by atoms with Gasteiger partial charge >= 0.3 is 0 Å². The maximum Gasteiger partial charge on any atom is 0.265 e. The van der Waals surface area contributed by atoms with Crippen LogP contribution in [0, 0.1) is 18.3 Å². The second-order valence-corrected chi connectivity index (χ2v) is 5.78. The number of nitrogens with zero attached hydrogens (tertiary/aromatic N) is 3. The fraction of sp³-hybridized carbons (Fsp3) is 0.167. The van der Waals surface area contributed by atoms with Crippen molar-refractivity contribution in [2.45, 2.75) is 11.8 Å².